The van der Waals surface area contributed by atoms with Crippen LogP contribution < -0.4 is 10.6 Å². The number of benzene rings is 1. The first kappa shape index (κ1) is 18.5. The first-order valence-corrected chi connectivity index (χ1v) is 8.97. The average molecular weight is 331 g/mol. The molecular formula is C19H29N3O2. The molecule has 0 heterocycles. The fourth-order valence-corrected chi connectivity index (χ4v) is 2.78. The summed E-state index contributed by atoms with van der Waals surface area (Å²) in [6, 6.07) is 5.62. The highest BCUT2D eigenvalue weighted by molar-refractivity contribution is 5.97. The van der Waals surface area contributed by atoms with Crippen molar-refractivity contribution in [3.8, 4) is 0 Å². The summed E-state index contributed by atoms with van der Waals surface area (Å²) in [5.41, 5.74) is 2.45. The van der Waals surface area contributed by atoms with Crippen LogP contribution in [-0.4, -0.2) is 36.3 Å². The van der Waals surface area contributed by atoms with E-state index in [1.807, 2.05) is 25.1 Å². The van der Waals surface area contributed by atoms with Gasteiger partial charge in [0.1, 0.15) is 0 Å². The van der Waals surface area contributed by atoms with E-state index in [0.717, 1.165) is 55.7 Å². The molecule has 1 aliphatic rings. The third-order valence-electron chi connectivity index (χ3n) is 4.26. The van der Waals surface area contributed by atoms with E-state index >= 15 is 0 Å². The smallest absolute Gasteiger partial charge is 0.238 e. The van der Waals surface area contributed by atoms with Crippen molar-refractivity contribution in [2.75, 3.05) is 30.3 Å². The van der Waals surface area contributed by atoms with E-state index in [4.69, 9.17) is 0 Å². The van der Waals surface area contributed by atoms with Gasteiger partial charge in [-0.2, -0.15) is 0 Å². The number of amides is 2. The maximum absolute atomic E-state index is 12.3. The lowest BCUT2D eigenvalue weighted by atomic mass is 10.1. The third-order valence-corrected chi connectivity index (χ3v) is 4.26. The van der Waals surface area contributed by atoms with Crippen LogP contribution in [0.25, 0.3) is 0 Å². The standard InChI is InChI=1S/C19H29N3O2/c1-4-11-22(12-5-2)13-18(23)20-16-7-6-8-17(14(16)3)21-19(24)15-9-10-15/h6-8,15H,4-5,9-13H2,1-3H3,(H,20,23)(H,21,24). The molecule has 132 valence electrons. The monoisotopic (exact) mass is 331 g/mol. The molecule has 0 saturated heterocycles. The molecule has 0 spiro atoms. The van der Waals surface area contributed by atoms with Crippen LogP contribution in [0.4, 0.5) is 11.4 Å². The Labute approximate surface area is 144 Å². The van der Waals surface area contributed by atoms with Gasteiger partial charge in [-0.1, -0.05) is 19.9 Å². The second-order valence-electron chi connectivity index (χ2n) is 6.57. The zero-order chi connectivity index (χ0) is 17.5. The summed E-state index contributed by atoms with van der Waals surface area (Å²) < 4.78 is 0. The Morgan fingerprint density at radius 2 is 1.67 bits per heavy atom. The Kier molecular flexibility index (Phi) is 6.79. The van der Waals surface area contributed by atoms with Gasteiger partial charge >= 0.3 is 0 Å². The summed E-state index contributed by atoms with van der Waals surface area (Å²) in [5, 5.41) is 5.95. The van der Waals surface area contributed by atoms with Crippen LogP contribution in [0.5, 0.6) is 0 Å². The Morgan fingerprint density at radius 3 is 2.21 bits per heavy atom. The molecule has 0 aliphatic heterocycles. The van der Waals surface area contributed by atoms with Crippen molar-refractivity contribution in [1.29, 1.82) is 0 Å². The van der Waals surface area contributed by atoms with Crippen molar-refractivity contribution >= 4 is 23.2 Å². The number of rotatable bonds is 9. The van der Waals surface area contributed by atoms with Crippen molar-refractivity contribution < 1.29 is 9.59 Å². The van der Waals surface area contributed by atoms with Crippen molar-refractivity contribution in [3.05, 3.63) is 23.8 Å². The van der Waals surface area contributed by atoms with Gasteiger partial charge < -0.3 is 10.6 Å². The van der Waals surface area contributed by atoms with E-state index in [1.165, 1.54) is 0 Å². The van der Waals surface area contributed by atoms with Crippen LogP contribution in [-0.2, 0) is 9.59 Å². The van der Waals surface area contributed by atoms with Crippen molar-refractivity contribution in [2.24, 2.45) is 5.92 Å². The minimum Gasteiger partial charge on any atom is -0.326 e. The van der Waals surface area contributed by atoms with Gasteiger partial charge in [-0.15, -0.1) is 0 Å². The number of hydrogen-bond donors (Lipinski definition) is 2. The van der Waals surface area contributed by atoms with E-state index in [2.05, 4.69) is 29.4 Å². The van der Waals surface area contributed by atoms with Gasteiger partial charge in [0.15, 0.2) is 0 Å². The molecule has 0 unspecified atom stereocenters. The Balaban J connectivity index is 1.97. The lowest BCUT2D eigenvalue weighted by molar-refractivity contribution is -0.118. The first-order valence-electron chi connectivity index (χ1n) is 8.97. The van der Waals surface area contributed by atoms with Gasteiger partial charge in [-0.05, 0) is 63.4 Å². The summed E-state index contributed by atoms with van der Waals surface area (Å²) in [4.78, 5) is 26.5. The molecule has 2 amide bonds. The topological polar surface area (TPSA) is 61.4 Å². The molecule has 24 heavy (non-hydrogen) atoms. The first-order chi connectivity index (χ1) is 11.5. The predicted molar refractivity (Wildman–Crippen MR) is 98.2 cm³/mol. The van der Waals surface area contributed by atoms with E-state index in [0.29, 0.717) is 6.54 Å². The largest absolute Gasteiger partial charge is 0.326 e. The van der Waals surface area contributed by atoms with Gasteiger partial charge in [0, 0.05) is 17.3 Å². The van der Waals surface area contributed by atoms with Gasteiger partial charge in [-0.25, -0.2) is 0 Å². The summed E-state index contributed by atoms with van der Waals surface area (Å²) in [7, 11) is 0. The number of hydrogen-bond acceptors (Lipinski definition) is 3. The molecule has 5 nitrogen and oxygen atoms in total. The molecular weight excluding hydrogens is 302 g/mol. The molecule has 0 bridgehead atoms. The van der Waals surface area contributed by atoms with Gasteiger partial charge in [0.05, 0.1) is 6.54 Å². The fourth-order valence-electron chi connectivity index (χ4n) is 2.78. The van der Waals surface area contributed by atoms with E-state index < -0.39 is 0 Å². The molecule has 1 aromatic rings. The summed E-state index contributed by atoms with van der Waals surface area (Å²) in [6.07, 6.45) is 4.03. The highest BCUT2D eigenvalue weighted by Crippen LogP contribution is 2.31. The van der Waals surface area contributed by atoms with Gasteiger partial charge in [0.2, 0.25) is 11.8 Å². The van der Waals surface area contributed by atoms with Crippen LogP contribution in [0, 0.1) is 12.8 Å². The molecule has 2 rings (SSSR count). The predicted octanol–water partition coefficient (Wildman–Crippen LogP) is 3.40. The zero-order valence-electron chi connectivity index (χ0n) is 15.0. The van der Waals surface area contributed by atoms with E-state index in [-0.39, 0.29) is 17.7 Å². The summed E-state index contributed by atoms with van der Waals surface area (Å²) >= 11 is 0. The maximum atomic E-state index is 12.3. The molecule has 2 N–H and O–H groups in total. The Morgan fingerprint density at radius 1 is 1.08 bits per heavy atom. The van der Waals surface area contributed by atoms with Crippen molar-refractivity contribution in [1.82, 2.24) is 4.90 Å². The molecule has 0 atom stereocenters. The quantitative estimate of drug-likeness (QED) is 0.729. The number of nitrogens with one attached hydrogen (secondary N) is 2. The number of carbonyl (C=O) groups excluding carboxylic acids is 2. The zero-order valence-corrected chi connectivity index (χ0v) is 15.0. The lowest BCUT2D eigenvalue weighted by Crippen LogP contribution is -2.34. The molecule has 0 radical (unpaired) electrons. The molecule has 1 aromatic carbocycles. The number of carbonyl (C=O) groups is 2. The third kappa shape index (κ3) is 5.34. The second-order valence-corrected chi connectivity index (χ2v) is 6.57. The second kappa shape index (κ2) is 8.83. The highest BCUT2D eigenvalue weighted by atomic mass is 16.2. The van der Waals surface area contributed by atoms with Crippen LogP contribution in [0.2, 0.25) is 0 Å². The Hall–Kier alpha value is -1.88. The summed E-state index contributed by atoms with van der Waals surface area (Å²) in [5.74, 6) is 0.239. The van der Waals surface area contributed by atoms with Crippen molar-refractivity contribution in [2.45, 2.75) is 46.5 Å². The average Bonchev–Trinajstić information content (AvgIpc) is 3.36. The molecule has 1 fully saturated rings. The molecule has 1 aliphatic carbocycles. The van der Waals surface area contributed by atoms with Gasteiger partial charge in [0.25, 0.3) is 0 Å². The van der Waals surface area contributed by atoms with Crippen LogP contribution in [0.1, 0.15) is 45.1 Å². The summed E-state index contributed by atoms with van der Waals surface area (Å²) in [6.45, 7) is 8.43. The molecule has 5 heteroatoms. The number of anilines is 2. The SMILES string of the molecule is CCCN(CCC)CC(=O)Nc1cccc(NC(=O)C2CC2)c1C. The fraction of sp³-hybridized carbons (Fsp3) is 0.579. The lowest BCUT2D eigenvalue weighted by Gasteiger charge is -2.21. The Bertz CT molecular complexity index is 576. The minimum absolute atomic E-state index is 0.00864. The molecule has 1 saturated carbocycles. The minimum atomic E-state index is -0.00864. The van der Waals surface area contributed by atoms with Crippen molar-refractivity contribution in [3.63, 3.8) is 0 Å². The van der Waals surface area contributed by atoms with Gasteiger partial charge in [-0.3, -0.25) is 14.5 Å². The van der Waals surface area contributed by atoms with Crippen LogP contribution in [0.3, 0.4) is 0 Å². The molecule has 0 aromatic heterocycles. The van der Waals surface area contributed by atoms with Crippen LogP contribution in [0.15, 0.2) is 18.2 Å². The normalized spacial score (nSPS) is 13.8. The van der Waals surface area contributed by atoms with E-state index in [1.54, 1.807) is 0 Å². The van der Waals surface area contributed by atoms with E-state index in [9.17, 15) is 9.59 Å². The van der Waals surface area contributed by atoms with Crippen LogP contribution >= 0.6 is 0 Å². The number of nitrogens with zero attached hydrogens (tertiary/aromatic N) is 1. The maximum Gasteiger partial charge on any atom is 0.238 e. The highest BCUT2D eigenvalue weighted by Gasteiger charge is 2.29.